The van der Waals surface area contributed by atoms with Crippen LogP contribution in [-0.2, 0) is 11.8 Å². The third-order valence-corrected chi connectivity index (χ3v) is 4.22. The van der Waals surface area contributed by atoms with E-state index in [1.807, 2.05) is 0 Å². The molecule has 0 saturated heterocycles. The van der Waals surface area contributed by atoms with Crippen LogP contribution in [0.1, 0.15) is 17.4 Å². The molecular weight excluding hydrogens is 329 g/mol. The van der Waals surface area contributed by atoms with Crippen molar-refractivity contribution >= 4 is 23.1 Å². The van der Waals surface area contributed by atoms with E-state index < -0.39 is 23.4 Å². The van der Waals surface area contributed by atoms with Crippen molar-refractivity contribution in [2.24, 2.45) is 0 Å². The molecule has 0 saturated carbocycles. The molecule has 0 spiro atoms. The summed E-state index contributed by atoms with van der Waals surface area (Å²) in [6.45, 7) is 1.47. The minimum atomic E-state index is -4.48. The minimum absolute atomic E-state index is 0.0214. The summed E-state index contributed by atoms with van der Waals surface area (Å²) in [4.78, 5) is 12.5. The molecular formula is C15H15F3N2O2S. The van der Waals surface area contributed by atoms with Crippen molar-refractivity contribution in [2.45, 2.75) is 18.7 Å². The summed E-state index contributed by atoms with van der Waals surface area (Å²) in [5.41, 5.74) is -2.08. The Labute approximate surface area is 135 Å². The first-order valence-electron chi connectivity index (χ1n) is 6.67. The number of carbonyl (C=O) groups excluding carboxylic acids is 1. The van der Waals surface area contributed by atoms with Crippen molar-refractivity contribution < 1.29 is 23.1 Å². The van der Waals surface area contributed by atoms with Crippen LogP contribution >= 0.6 is 11.3 Å². The van der Waals surface area contributed by atoms with Gasteiger partial charge in [-0.3, -0.25) is 0 Å². The van der Waals surface area contributed by atoms with Gasteiger partial charge in [0, 0.05) is 10.6 Å². The number of alkyl halides is 3. The van der Waals surface area contributed by atoms with Gasteiger partial charge in [-0.25, -0.2) is 4.79 Å². The SMILES string of the molecule is C[C@](O)(CNC(=O)Nc1cccc(C(F)(F)F)c1)c1cccs1. The lowest BCUT2D eigenvalue weighted by molar-refractivity contribution is -0.137. The molecule has 2 amide bonds. The van der Waals surface area contributed by atoms with Gasteiger partial charge in [0.25, 0.3) is 0 Å². The third-order valence-electron chi connectivity index (χ3n) is 3.09. The molecule has 4 nitrogen and oxygen atoms in total. The second kappa shape index (κ2) is 6.59. The third kappa shape index (κ3) is 4.70. The quantitative estimate of drug-likeness (QED) is 0.790. The second-order valence-corrected chi connectivity index (χ2v) is 6.09. The van der Waals surface area contributed by atoms with Gasteiger partial charge in [0.05, 0.1) is 12.1 Å². The minimum Gasteiger partial charge on any atom is -0.383 e. The highest BCUT2D eigenvalue weighted by atomic mass is 32.1. The monoisotopic (exact) mass is 344 g/mol. The summed E-state index contributed by atoms with van der Waals surface area (Å²) in [7, 11) is 0. The maximum absolute atomic E-state index is 12.6. The fraction of sp³-hybridized carbons (Fsp3) is 0.267. The number of urea groups is 1. The van der Waals surface area contributed by atoms with Gasteiger partial charge in [-0.05, 0) is 36.6 Å². The average Bonchev–Trinajstić information content (AvgIpc) is 3.00. The summed E-state index contributed by atoms with van der Waals surface area (Å²) >= 11 is 1.34. The summed E-state index contributed by atoms with van der Waals surface area (Å²) in [5, 5.41) is 16.8. The number of anilines is 1. The molecule has 0 radical (unpaired) electrons. The Kier molecular flexibility index (Phi) is 4.96. The Hall–Kier alpha value is -2.06. The maximum atomic E-state index is 12.6. The Morgan fingerprint density at radius 3 is 2.61 bits per heavy atom. The number of benzene rings is 1. The van der Waals surface area contributed by atoms with Gasteiger partial charge in [-0.2, -0.15) is 13.2 Å². The molecule has 0 bridgehead atoms. The van der Waals surface area contributed by atoms with Gasteiger partial charge in [0.2, 0.25) is 0 Å². The van der Waals surface area contributed by atoms with E-state index in [1.165, 1.54) is 23.5 Å². The zero-order valence-electron chi connectivity index (χ0n) is 12.1. The zero-order chi connectivity index (χ0) is 17.1. The molecule has 23 heavy (non-hydrogen) atoms. The predicted octanol–water partition coefficient (Wildman–Crippen LogP) is 3.80. The summed E-state index contributed by atoms with van der Waals surface area (Å²) in [6.07, 6.45) is -4.48. The summed E-state index contributed by atoms with van der Waals surface area (Å²) < 4.78 is 37.8. The van der Waals surface area contributed by atoms with E-state index in [4.69, 9.17) is 0 Å². The van der Waals surface area contributed by atoms with Gasteiger partial charge in [-0.15, -0.1) is 11.3 Å². The highest BCUT2D eigenvalue weighted by Gasteiger charge is 2.30. The van der Waals surface area contributed by atoms with E-state index in [9.17, 15) is 23.1 Å². The van der Waals surface area contributed by atoms with Crippen LogP contribution in [0, 0.1) is 0 Å². The standard InChI is InChI=1S/C15H15F3N2O2S/c1-14(22,12-6-3-7-23-12)9-19-13(21)20-11-5-2-4-10(8-11)15(16,17)18/h2-8,22H,9H2,1H3,(H2,19,20,21)/t14-/m0/s1. The second-order valence-electron chi connectivity index (χ2n) is 5.14. The number of carbonyl (C=O) groups is 1. The summed E-state index contributed by atoms with van der Waals surface area (Å²) in [5.74, 6) is 0. The molecule has 1 atom stereocenters. The van der Waals surface area contributed by atoms with E-state index in [2.05, 4.69) is 10.6 Å². The van der Waals surface area contributed by atoms with E-state index in [-0.39, 0.29) is 12.2 Å². The van der Waals surface area contributed by atoms with E-state index in [0.29, 0.717) is 4.88 Å². The normalized spacial score (nSPS) is 14.1. The molecule has 3 N–H and O–H groups in total. The van der Waals surface area contributed by atoms with E-state index >= 15 is 0 Å². The Balaban J connectivity index is 1.95. The van der Waals surface area contributed by atoms with Crippen LogP contribution in [0.25, 0.3) is 0 Å². The number of amides is 2. The van der Waals surface area contributed by atoms with Crippen molar-refractivity contribution in [3.8, 4) is 0 Å². The van der Waals surface area contributed by atoms with Crippen LogP contribution in [0.2, 0.25) is 0 Å². The first kappa shape index (κ1) is 17.3. The van der Waals surface area contributed by atoms with Crippen LogP contribution in [0.15, 0.2) is 41.8 Å². The lowest BCUT2D eigenvalue weighted by Gasteiger charge is -2.22. The highest BCUT2D eigenvalue weighted by Crippen LogP contribution is 2.30. The van der Waals surface area contributed by atoms with Crippen LogP contribution in [-0.4, -0.2) is 17.7 Å². The van der Waals surface area contributed by atoms with Crippen molar-refractivity contribution in [3.05, 3.63) is 52.2 Å². The van der Waals surface area contributed by atoms with E-state index in [1.54, 1.807) is 24.4 Å². The number of halogens is 3. The van der Waals surface area contributed by atoms with Crippen molar-refractivity contribution in [1.29, 1.82) is 0 Å². The van der Waals surface area contributed by atoms with E-state index in [0.717, 1.165) is 12.1 Å². The summed E-state index contributed by atoms with van der Waals surface area (Å²) in [6, 6.07) is 7.14. The predicted molar refractivity (Wildman–Crippen MR) is 82.4 cm³/mol. The molecule has 0 aliphatic rings. The van der Waals surface area contributed by atoms with Crippen molar-refractivity contribution in [1.82, 2.24) is 5.32 Å². The maximum Gasteiger partial charge on any atom is 0.416 e. The van der Waals surface area contributed by atoms with Gasteiger partial charge in [0.15, 0.2) is 0 Å². The van der Waals surface area contributed by atoms with Crippen LogP contribution in [0.3, 0.4) is 0 Å². The van der Waals surface area contributed by atoms with Gasteiger partial charge < -0.3 is 15.7 Å². The zero-order valence-corrected chi connectivity index (χ0v) is 13.0. The largest absolute Gasteiger partial charge is 0.416 e. The molecule has 0 aliphatic carbocycles. The Bertz CT molecular complexity index is 670. The topological polar surface area (TPSA) is 61.4 Å². The fourth-order valence-electron chi connectivity index (χ4n) is 1.87. The number of rotatable bonds is 4. The van der Waals surface area contributed by atoms with Crippen LogP contribution < -0.4 is 10.6 Å². The smallest absolute Gasteiger partial charge is 0.383 e. The van der Waals surface area contributed by atoms with Crippen LogP contribution in [0.5, 0.6) is 0 Å². The molecule has 8 heteroatoms. The molecule has 0 unspecified atom stereocenters. The molecule has 0 fully saturated rings. The fourth-order valence-corrected chi connectivity index (χ4v) is 2.66. The van der Waals surface area contributed by atoms with Crippen molar-refractivity contribution in [3.63, 3.8) is 0 Å². The Morgan fingerprint density at radius 2 is 2.00 bits per heavy atom. The first-order valence-corrected chi connectivity index (χ1v) is 7.55. The van der Waals surface area contributed by atoms with Crippen molar-refractivity contribution in [2.75, 3.05) is 11.9 Å². The van der Waals surface area contributed by atoms with Crippen LogP contribution in [0.4, 0.5) is 23.7 Å². The highest BCUT2D eigenvalue weighted by molar-refractivity contribution is 7.10. The Morgan fingerprint density at radius 1 is 1.26 bits per heavy atom. The van der Waals surface area contributed by atoms with Gasteiger partial charge in [0.1, 0.15) is 5.60 Å². The lowest BCUT2D eigenvalue weighted by atomic mass is 10.1. The molecule has 1 aromatic heterocycles. The molecule has 2 aromatic rings. The van der Waals surface area contributed by atoms with Gasteiger partial charge >= 0.3 is 12.2 Å². The molecule has 0 aliphatic heterocycles. The number of aliphatic hydroxyl groups is 1. The number of hydrogen-bond donors (Lipinski definition) is 3. The number of thiophene rings is 1. The number of hydrogen-bond acceptors (Lipinski definition) is 3. The van der Waals surface area contributed by atoms with Gasteiger partial charge in [-0.1, -0.05) is 12.1 Å². The average molecular weight is 344 g/mol. The molecule has 1 heterocycles. The number of nitrogens with one attached hydrogen (secondary N) is 2. The lowest BCUT2D eigenvalue weighted by Crippen LogP contribution is -2.40. The molecule has 1 aromatic carbocycles. The molecule has 124 valence electrons. The first-order chi connectivity index (χ1) is 10.7. The molecule has 2 rings (SSSR count).